The number of carbonyl (C=O) groups excluding carboxylic acids is 2. The van der Waals surface area contributed by atoms with E-state index in [4.69, 9.17) is 23.2 Å². The number of nitrogens with zero attached hydrogens (tertiary/aromatic N) is 2. The van der Waals surface area contributed by atoms with Crippen molar-refractivity contribution in [2.45, 2.75) is 13.3 Å². The summed E-state index contributed by atoms with van der Waals surface area (Å²) in [5, 5.41) is 3.88. The number of aryl methyl sites for hydroxylation is 2. The van der Waals surface area contributed by atoms with E-state index in [1.165, 1.54) is 10.9 Å². The van der Waals surface area contributed by atoms with Crippen LogP contribution in [0.2, 0.25) is 10.0 Å². The van der Waals surface area contributed by atoms with Gasteiger partial charge < -0.3 is 0 Å². The quantitative estimate of drug-likeness (QED) is 0.489. The van der Waals surface area contributed by atoms with E-state index in [0.29, 0.717) is 11.3 Å². The van der Waals surface area contributed by atoms with Gasteiger partial charge in [0.1, 0.15) is 5.82 Å². The fourth-order valence-corrected chi connectivity index (χ4v) is 2.43. The number of ketones is 2. The van der Waals surface area contributed by atoms with Crippen molar-refractivity contribution in [1.82, 2.24) is 9.78 Å². The van der Waals surface area contributed by atoms with Crippen LogP contribution in [-0.2, 0) is 7.05 Å². The average molecular weight is 329 g/mol. The first-order valence-corrected chi connectivity index (χ1v) is 6.76. The van der Waals surface area contributed by atoms with Gasteiger partial charge in [-0.25, -0.2) is 4.39 Å². The van der Waals surface area contributed by atoms with Gasteiger partial charge in [0, 0.05) is 18.8 Å². The van der Waals surface area contributed by atoms with E-state index in [9.17, 15) is 14.0 Å². The third-order valence-corrected chi connectivity index (χ3v) is 3.55. The molecule has 0 amide bonds. The number of benzene rings is 1. The molecule has 0 atom stereocenters. The molecule has 0 fully saturated rings. The largest absolute Gasteiger partial charge is 0.294 e. The number of hydrogen-bond acceptors (Lipinski definition) is 3. The van der Waals surface area contributed by atoms with Crippen LogP contribution in [0, 0.1) is 12.7 Å². The molecular weight excluding hydrogens is 318 g/mol. The highest BCUT2D eigenvalue weighted by Crippen LogP contribution is 2.25. The molecule has 0 radical (unpaired) electrons. The van der Waals surface area contributed by atoms with Gasteiger partial charge in [0.2, 0.25) is 0 Å². The highest BCUT2D eigenvalue weighted by atomic mass is 35.5. The van der Waals surface area contributed by atoms with Crippen molar-refractivity contribution in [3.8, 4) is 0 Å². The zero-order chi connectivity index (χ0) is 15.7. The van der Waals surface area contributed by atoms with E-state index < -0.39 is 23.8 Å². The number of halogens is 3. The van der Waals surface area contributed by atoms with Crippen molar-refractivity contribution in [2.75, 3.05) is 0 Å². The standard InChI is InChI=1S/C14H11Cl2FN2O2/c1-7-9(6-19(2)18-7)14(21)5-13(20)8-3-12(17)11(16)4-10(8)15/h3-4,6H,5H2,1-2H3. The van der Waals surface area contributed by atoms with Crippen LogP contribution in [0.4, 0.5) is 4.39 Å². The minimum absolute atomic E-state index is 0.0158. The SMILES string of the molecule is Cc1nn(C)cc1C(=O)CC(=O)c1cc(F)c(Cl)cc1Cl. The first kappa shape index (κ1) is 15.7. The summed E-state index contributed by atoms with van der Waals surface area (Å²) in [6.45, 7) is 1.67. The molecule has 1 aromatic heterocycles. The van der Waals surface area contributed by atoms with Crippen molar-refractivity contribution >= 4 is 34.8 Å². The Morgan fingerprint density at radius 2 is 1.81 bits per heavy atom. The molecule has 2 rings (SSSR count). The molecule has 0 aliphatic carbocycles. The lowest BCUT2D eigenvalue weighted by molar-refractivity contribution is 0.0894. The zero-order valence-electron chi connectivity index (χ0n) is 11.3. The van der Waals surface area contributed by atoms with Crippen molar-refractivity contribution in [1.29, 1.82) is 0 Å². The molecule has 0 N–H and O–H groups in total. The molecule has 0 unspecified atom stereocenters. The Morgan fingerprint density at radius 3 is 2.38 bits per heavy atom. The number of Topliss-reactive ketones (excluding diaryl/α,β-unsaturated/α-hetero) is 2. The summed E-state index contributed by atoms with van der Waals surface area (Å²) < 4.78 is 14.9. The number of hydrogen-bond donors (Lipinski definition) is 0. The number of rotatable bonds is 4. The van der Waals surface area contributed by atoms with Gasteiger partial charge in [0.25, 0.3) is 0 Å². The lowest BCUT2D eigenvalue weighted by Gasteiger charge is -2.04. The van der Waals surface area contributed by atoms with Gasteiger partial charge in [-0.2, -0.15) is 5.10 Å². The van der Waals surface area contributed by atoms with Crippen LogP contribution in [-0.4, -0.2) is 21.3 Å². The van der Waals surface area contributed by atoms with E-state index in [0.717, 1.165) is 12.1 Å². The summed E-state index contributed by atoms with van der Waals surface area (Å²) in [6.07, 6.45) is 1.13. The summed E-state index contributed by atoms with van der Waals surface area (Å²) >= 11 is 11.4. The maximum Gasteiger partial charge on any atom is 0.174 e. The molecule has 0 aliphatic heterocycles. The van der Waals surface area contributed by atoms with Crippen LogP contribution in [0.3, 0.4) is 0 Å². The number of carbonyl (C=O) groups is 2. The fourth-order valence-electron chi connectivity index (χ4n) is 1.95. The molecule has 110 valence electrons. The van der Waals surface area contributed by atoms with Crippen LogP contribution in [0.25, 0.3) is 0 Å². The molecule has 0 bridgehead atoms. The van der Waals surface area contributed by atoms with Gasteiger partial charge in [-0.15, -0.1) is 0 Å². The molecular formula is C14H11Cl2FN2O2. The fraction of sp³-hybridized carbons (Fsp3) is 0.214. The van der Waals surface area contributed by atoms with Crippen LogP contribution in [0.5, 0.6) is 0 Å². The molecule has 7 heteroatoms. The second kappa shape index (κ2) is 5.95. The van der Waals surface area contributed by atoms with E-state index in [1.54, 1.807) is 14.0 Å². The molecule has 0 spiro atoms. The molecule has 21 heavy (non-hydrogen) atoms. The smallest absolute Gasteiger partial charge is 0.174 e. The molecule has 4 nitrogen and oxygen atoms in total. The summed E-state index contributed by atoms with van der Waals surface area (Å²) in [5.41, 5.74) is 0.827. The van der Waals surface area contributed by atoms with Gasteiger partial charge in [-0.1, -0.05) is 23.2 Å². The first-order chi connectivity index (χ1) is 9.79. The lowest BCUT2D eigenvalue weighted by atomic mass is 10.0. The van der Waals surface area contributed by atoms with E-state index in [-0.39, 0.29) is 15.6 Å². The van der Waals surface area contributed by atoms with Gasteiger partial charge >= 0.3 is 0 Å². The minimum atomic E-state index is -0.755. The van der Waals surface area contributed by atoms with Crippen molar-refractivity contribution < 1.29 is 14.0 Å². The van der Waals surface area contributed by atoms with Crippen LogP contribution < -0.4 is 0 Å². The van der Waals surface area contributed by atoms with Crippen molar-refractivity contribution in [2.24, 2.45) is 7.05 Å². The Hall–Kier alpha value is -1.72. The average Bonchev–Trinajstić information content (AvgIpc) is 2.72. The second-order valence-electron chi connectivity index (χ2n) is 4.57. The Kier molecular flexibility index (Phi) is 4.44. The monoisotopic (exact) mass is 328 g/mol. The van der Waals surface area contributed by atoms with E-state index in [1.807, 2.05) is 0 Å². The normalized spacial score (nSPS) is 10.7. The Balaban J connectivity index is 2.24. The van der Waals surface area contributed by atoms with E-state index in [2.05, 4.69) is 5.10 Å². The molecule has 0 aliphatic rings. The minimum Gasteiger partial charge on any atom is -0.294 e. The second-order valence-corrected chi connectivity index (χ2v) is 5.39. The van der Waals surface area contributed by atoms with Gasteiger partial charge in [0.15, 0.2) is 11.6 Å². The van der Waals surface area contributed by atoms with E-state index >= 15 is 0 Å². The highest BCUT2D eigenvalue weighted by Gasteiger charge is 2.20. The maximum absolute atomic E-state index is 13.4. The van der Waals surface area contributed by atoms with Crippen LogP contribution >= 0.6 is 23.2 Å². The Labute approximate surface area is 130 Å². The Bertz CT molecular complexity index is 741. The summed E-state index contributed by atoms with van der Waals surface area (Å²) in [4.78, 5) is 24.2. The lowest BCUT2D eigenvalue weighted by Crippen LogP contribution is -2.10. The first-order valence-electron chi connectivity index (χ1n) is 6.00. The maximum atomic E-state index is 13.4. The van der Waals surface area contributed by atoms with Crippen molar-refractivity contribution in [3.63, 3.8) is 0 Å². The number of aromatic nitrogens is 2. The molecule has 1 aromatic carbocycles. The zero-order valence-corrected chi connectivity index (χ0v) is 12.8. The van der Waals surface area contributed by atoms with Crippen molar-refractivity contribution in [3.05, 3.63) is 51.0 Å². The van der Waals surface area contributed by atoms with Crippen LogP contribution in [0.15, 0.2) is 18.3 Å². The predicted octanol–water partition coefficient (Wildman–Crippen LogP) is 3.63. The summed E-state index contributed by atoms with van der Waals surface area (Å²) in [7, 11) is 1.68. The summed E-state index contributed by atoms with van der Waals surface area (Å²) in [5.74, 6) is -1.71. The van der Waals surface area contributed by atoms with Gasteiger partial charge in [0.05, 0.1) is 27.7 Å². The van der Waals surface area contributed by atoms with Gasteiger partial charge in [-0.05, 0) is 19.1 Å². The molecule has 0 saturated heterocycles. The molecule has 2 aromatic rings. The predicted molar refractivity (Wildman–Crippen MR) is 77.6 cm³/mol. The Morgan fingerprint density at radius 1 is 1.19 bits per heavy atom. The molecule has 0 saturated carbocycles. The van der Waals surface area contributed by atoms with Gasteiger partial charge in [-0.3, -0.25) is 14.3 Å². The van der Waals surface area contributed by atoms with Crippen LogP contribution in [0.1, 0.15) is 32.8 Å². The molecule has 1 heterocycles. The summed E-state index contributed by atoms with van der Waals surface area (Å²) in [6, 6.07) is 2.09. The highest BCUT2D eigenvalue weighted by molar-refractivity contribution is 6.37. The topological polar surface area (TPSA) is 52.0 Å². The third-order valence-electron chi connectivity index (χ3n) is 2.95. The third kappa shape index (κ3) is 3.31.